The first-order valence-electron chi connectivity index (χ1n) is 2.91. The third-order valence-corrected chi connectivity index (χ3v) is 0.956. The summed E-state index contributed by atoms with van der Waals surface area (Å²) in [4.78, 5) is 9.71. The van der Waals surface area contributed by atoms with E-state index in [9.17, 15) is 10.1 Å². The van der Waals surface area contributed by atoms with Gasteiger partial charge in [-0.2, -0.15) is 0 Å². The number of hydrogen-bond donors (Lipinski definition) is 1. The van der Waals surface area contributed by atoms with Crippen LogP contribution < -0.4 is 5.73 Å². The number of allylic oxidation sites excluding steroid dienone is 2. The molecular formula is C7H10N2O2. The number of nitrogens with two attached hydrogens (primary N) is 1. The van der Waals surface area contributed by atoms with E-state index in [0.29, 0.717) is 5.57 Å². The third kappa shape index (κ3) is 3.20. The fraction of sp³-hybridized carbons (Fsp3) is 0.143. The summed E-state index contributed by atoms with van der Waals surface area (Å²) in [6, 6.07) is 0. The maximum absolute atomic E-state index is 10.3. The highest BCUT2D eigenvalue weighted by molar-refractivity contribution is 5.26. The van der Waals surface area contributed by atoms with Crippen molar-refractivity contribution < 1.29 is 4.92 Å². The molecule has 4 heteroatoms. The zero-order valence-electron chi connectivity index (χ0n) is 6.33. The van der Waals surface area contributed by atoms with Gasteiger partial charge in [0, 0.05) is 17.3 Å². The summed E-state index contributed by atoms with van der Waals surface area (Å²) in [6.07, 6.45) is 1.18. The van der Waals surface area contributed by atoms with Crippen molar-refractivity contribution in [3.8, 4) is 0 Å². The van der Waals surface area contributed by atoms with Crippen LogP contribution >= 0.6 is 0 Å². The molecule has 0 aliphatic heterocycles. The first-order valence-corrected chi connectivity index (χ1v) is 2.91. The highest BCUT2D eigenvalue weighted by atomic mass is 16.6. The summed E-state index contributed by atoms with van der Waals surface area (Å²) in [5, 5.41) is 10.3. The second-order valence-corrected chi connectivity index (χ2v) is 2.14. The van der Waals surface area contributed by atoms with Crippen LogP contribution in [0.5, 0.6) is 0 Å². The van der Waals surface area contributed by atoms with E-state index in [1.165, 1.54) is 13.0 Å². The summed E-state index contributed by atoms with van der Waals surface area (Å²) < 4.78 is 0. The van der Waals surface area contributed by atoms with Gasteiger partial charge in [0.25, 0.3) is 5.70 Å². The monoisotopic (exact) mass is 154 g/mol. The Hall–Kier alpha value is -1.58. The third-order valence-electron chi connectivity index (χ3n) is 0.956. The molecule has 0 rings (SSSR count). The molecule has 0 aliphatic rings. The van der Waals surface area contributed by atoms with Crippen LogP contribution in [0.2, 0.25) is 0 Å². The van der Waals surface area contributed by atoms with Gasteiger partial charge in [-0.25, -0.2) is 0 Å². The van der Waals surface area contributed by atoms with Gasteiger partial charge in [-0.1, -0.05) is 13.2 Å². The largest absolute Gasteiger partial charge is 0.399 e. The van der Waals surface area contributed by atoms with Gasteiger partial charge >= 0.3 is 0 Å². The second-order valence-electron chi connectivity index (χ2n) is 2.14. The van der Waals surface area contributed by atoms with Crippen LogP contribution in [0.15, 0.2) is 36.2 Å². The van der Waals surface area contributed by atoms with E-state index in [2.05, 4.69) is 13.2 Å². The van der Waals surface area contributed by atoms with Crippen LogP contribution in [0, 0.1) is 10.1 Å². The van der Waals surface area contributed by atoms with Crippen LogP contribution in [0.1, 0.15) is 6.92 Å². The molecule has 0 heterocycles. The molecule has 0 saturated heterocycles. The SMILES string of the molecule is C=C(N)/C=C(\C(=C)C)[N+](=O)[O-]. The molecule has 0 atom stereocenters. The van der Waals surface area contributed by atoms with Gasteiger partial charge in [0.05, 0.1) is 4.92 Å². The van der Waals surface area contributed by atoms with Gasteiger partial charge in [-0.15, -0.1) is 0 Å². The highest BCUT2D eigenvalue weighted by Crippen LogP contribution is 2.07. The van der Waals surface area contributed by atoms with Crippen molar-refractivity contribution in [2.24, 2.45) is 5.73 Å². The minimum atomic E-state index is -0.541. The summed E-state index contributed by atoms with van der Waals surface area (Å²) in [6.45, 7) is 8.28. The van der Waals surface area contributed by atoms with Crippen LogP contribution in [-0.4, -0.2) is 4.92 Å². The van der Waals surface area contributed by atoms with Crippen LogP contribution in [0.3, 0.4) is 0 Å². The first kappa shape index (κ1) is 9.42. The van der Waals surface area contributed by atoms with Gasteiger partial charge in [0.2, 0.25) is 0 Å². The fourth-order valence-electron chi connectivity index (χ4n) is 0.507. The zero-order valence-corrected chi connectivity index (χ0v) is 6.33. The molecule has 0 aliphatic carbocycles. The molecule has 60 valence electrons. The van der Waals surface area contributed by atoms with Crippen LogP contribution in [0.25, 0.3) is 0 Å². The molecule has 0 unspecified atom stereocenters. The molecule has 2 N–H and O–H groups in total. The Morgan fingerprint density at radius 3 is 2.18 bits per heavy atom. The molecule has 4 nitrogen and oxygen atoms in total. The molecule has 0 aromatic heterocycles. The molecule has 0 radical (unpaired) electrons. The predicted octanol–water partition coefficient (Wildman–Crippen LogP) is 1.20. The van der Waals surface area contributed by atoms with E-state index in [4.69, 9.17) is 5.73 Å². The van der Waals surface area contributed by atoms with Crippen molar-refractivity contribution >= 4 is 0 Å². The van der Waals surface area contributed by atoms with E-state index in [0.717, 1.165) is 0 Å². The number of nitro groups is 1. The Morgan fingerprint density at radius 1 is 1.64 bits per heavy atom. The number of nitrogens with zero attached hydrogens (tertiary/aromatic N) is 1. The lowest BCUT2D eigenvalue weighted by Gasteiger charge is -1.95. The quantitative estimate of drug-likeness (QED) is 0.377. The van der Waals surface area contributed by atoms with Gasteiger partial charge in [0.15, 0.2) is 0 Å². The average molecular weight is 154 g/mol. The molecule has 0 fully saturated rings. The Kier molecular flexibility index (Phi) is 3.04. The Balaban J connectivity index is 4.75. The Bertz CT molecular complexity index is 225. The van der Waals surface area contributed by atoms with Gasteiger partial charge in [-0.05, 0) is 6.92 Å². The normalized spacial score (nSPS) is 10.8. The maximum atomic E-state index is 10.3. The topological polar surface area (TPSA) is 69.2 Å². The van der Waals surface area contributed by atoms with Crippen molar-refractivity contribution in [1.82, 2.24) is 0 Å². The van der Waals surface area contributed by atoms with E-state index in [1.54, 1.807) is 0 Å². The van der Waals surface area contributed by atoms with Gasteiger partial charge in [-0.3, -0.25) is 10.1 Å². The zero-order chi connectivity index (χ0) is 9.02. The number of rotatable bonds is 3. The highest BCUT2D eigenvalue weighted by Gasteiger charge is 2.10. The molecular weight excluding hydrogens is 144 g/mol. The summed E-state index contributed by atoms with van der Waals surface area (Å²) in [5.41, 5.74) is 5.57. The number of hydrogen-bond acceptors (Lipinski definition) is 3. The van der Waals surface area contributed by atoms with Crippen LogP contribution in [-0.2, 0) is 0 Å². The fourth-order valence-corrected chi connectivity index (χ4v) is 0.507. The van der Waals surface area contributed by atoms with Crippen molar-refractivity contribution in [2.45, 2.75) is 6.92 Å². The molecule has 0 saturated carbocycles. The standard InChI is InChI=1S/C7H10N2O2/c1-5(2)7(9(10)11)4-6(3)8/h4H,1,3,8H2,2H3/b7-4+. The van der Waals surface area contributed by atoms with E-state index < -0.39 is 4.92 Å². The average Bonchev–Trinajstić information content (AvgIpc) is 1.81. The second kappa shape index (κ2) is 3.55. The molecule has 0 aromatic rings. The lowest BCUT2D eigenvalue weighted by Crippen LogP contribution is -2.02. The van der Waals surface area contributed by atoms with E-state index >= 15 is 0 Å². The first-order chi connectivity index (χ1) is 4.95. The van der Waals surface area contributed by atoms with Crippen molar-refractivity contribution in [3.05, 3.63) is 46.3 Å². The minimum Gasteiger partial charge on any atom is -0.399 e. The van der Waals surface area contributed by atoms with Gasteiger partial charge in [0.1, 0.15) is 0 Å². The maximum Gasteiger partial charge on any atom is 0.273 e. The van der Waals surface area contributed by atoms with Gasteiger partial charge < -0.3 is 5.73 Å². The lowest BCUT2D eigenvalue weighted by molar-refractivity contribution is -0.420. The summed E-state index contributed by atoms with van der Waals surface area (Å²) >= 11 is 0. The molecule has 0 amide bonds. The molecule has 0 spiro atoms. The Morgan fingerprint density at radius 2 is 2.09 bits per heavy atom. The van der Waals surface area contributed by atoms with E-state index in [1.807, 2.05) is 0 Å². The lowest BCUT2D eigenvalue weighted by atomic mass is 10.2. The molecule has 0 aromatic carbocycles. The Labute approximate surface area is 64.9 Å². The summed E-state index contributed by atoms with van der Waals surface area (Å²) in [7, 11) is 0. The predicted molar refractivity (Wildman–Crippen MR) is 43.2 cm³/mol. The molecule has 0 bridgehead atoms. The van der Waals surface area contributed by atoms with Crippen molar-refractivity contribution in [3.63, 3.8) is 0 Å². The minimum absolute atomic E-state index is 0.0995. The molecule has 11 heavy (non-hydrogen) atoms. The van der Waals surface area contributed by atoms with Crippen molar-refractivity contribution in [1.29, 1.82) is 0 Å². The smallest absolute Gasteiger partial charge is 0.273 e. The summed E-state index contributed by atoms with van der Waals surface area (Å²) in [5.74, 6) is 0. The van der Waals surface area contributed by atoms with E-state index in [-0.39, 0.29) is 11.4 Å². The van der Waals surface area contributed by atoms with Crippen molar-refractivity contribution in [2.75, 3.05) is 0 Å². The van der Waals surface area contributed by atoms with Crippen LogP contribution in [0.4, 0.5) is 0 Å².